The monoisotopic (exact) mass is 309 g/mol. The normalized spacial score (nSPS) is 30.6. The summed E-state index contributed by atoms with van der Waals surface area (Å²) in [5, 5.41) is 10.1. The average molecular weight is 310 g/mol. The fourth-order valence-corrected chi connectivity index (χ4v) is 3.04. The molecule has 1 fully saturated rings. The van der Waals surface area contributed by atoms with Crippen molar-refractivity contribution in [3.63, 3.8) is 0 Å². The first-order valence-electron chi connectivity index (χ1n) is 6.23. The van der Waals surface area contributed by atoms with E-state index in [0.717, 1.165) is 5.56 Å². The lowest BCUT2D eigenvalue weighted by Gasteiger charge is -2.27. The van der Waals surface area contributed by atoms with Crippen LogP contribution >= 0.6 is 23.2 Å². The standard InChI is InChI=1S/C15H13Cl2NO2/c16-14-13(11-7-3-1-4-8-11)20-18(19)15(14,17)12-9-5-2-6-10-12/h1-10,13-14,19H. The number of hydroxylamine groups is 2. The number of hydrogen-bond donors (Lipinski definition) is 1. The third-order valence-corrected chi connectivity index (χ3v) is 4.68. The molecule has 5 heteroatoms. The fraction of sp³-hybridized carbons (Fsp3) is 0.200. The van der Waals surface area contributed by atoms with Crippen LogP contribution in [0.1, 0.15) is 17.2 Å². The van der Waals surface area contributed by atoms with Gasteiger partial charge in [-0.05, 0) is 16.4 Å². The van der Waals surface area contributed by atoms with E-state index < -0.39 is 16.5 Å². The van der Waals surface area contributed by atoms with Crippen molar-refractivity contribution in [2.24, 2.45) is 0 Å². The van der Waals surface area contributed by atoms with Gasteiger partial charge < -0.3 is 0 Å². The zero-order valence-corrected chi connectivity index (χ0v) is 12.0. The van der Waals surface area contributed by atoms with E-state index >= 15 is 0 Å². The van der Waals surface area contributed by atoms with Gasteiger partial charge in [0.1, 0.15) is 11.5 Å². The Morgan fingerprint density at radius 3 is 2.15 bits per heavy atom. The third-order valence-electron chi connectivity index (χ3n) is 3.43. The summed E-state index contributed by atoms with van der Waals surface area (Å²) < 4.78 is 0. The van der Waals surface area contributed by atoms with Crippen LogP contribution in [0.4, 0.5) is 0 Å². The van der Waals surface area contributed by atoms with E-state index in [0.29, 0.717) is 10.8 Å². The summed E-state index contributed by atoms with van der Waals surface area (Å²) in [7, 11) is 0. The van der Waals surface area contributed by atoms with Crippen molar-refractivity contribution in [2.75, 3.05) is 0 Å². The molecule has 20 heavy (non-hydrogen) atoms. The molecule has 1 N–H and O–H groups in total. The number of hydrogen-bond acceptors (Lipinski definition) is 3. The molecule has 1 heterocycles. The highest BCUT2D eigenvalue weighted by molar-refractivity contribution is 6.32. The first-order chi connectivity index (χ1) is 9.64. The van der Waals surface area contributed by atoms with Crippen LogP contribution in [0.2, 0.25) is 0 Å². The number of benzene rings is 2. The van der Waals surface area contributed by atoms with E-state index in [1.807, 2.05) is 60.7 Å². The molecule has 0 radical (unpaired) electrons. The van der Waals surface area contributed by atoms with Crippen molar-refractivity contribution in [3.8, 4) is 0 Å². The molecule has 1 aliphatic heterocycles. The van der Waals surface area contributed by atoms with Gasteiger partial charge in [-0.15, -0.1) is 11.6 Å². The minimum absolute atomic E-state index is 0.513. The summed E-state index contributed by atoms with van der Waals surface area (Å²) in [5.74, 6) is 0. The van der Waals surface area contributed by atoms with Crippen molar-refractivity contribution in [2.45, 2.75) is 16.5 Å². The summed E-state index contributed by atoms with van der Waals surface area (Å²) in [6.45, 7) is 0. The predicted octanol–water partition coefficient (Wildman–Crippen LogP) is 4.06. The van der Waals surface area contributed by atoms with Gasteiger partial charge in [-0.25, -0.2) is 0 Å². The number of halogens is 2. The Morgan fingerprint density at radius 1 is 1.00 bits per heavy atom. The van der Waals surface area contributed by atoms with E-state index in [4.69, 9.17) is 28.0 Å². The Kier molecular flexibility index (Phi) is 3.71. The van der Waals surface area contributed by atoms with Crippen molar-refractivity contribution >= 4 is 23.2 Å². The summed E-state index contributed by atoms with van der Waals surface area (Å²) in [6, 6.07) is 18.6. The quantitative estimate of drug-likeness (QED) is 0.670. The third kappa shape index (κ3) is 2.12. The highest BCUT2D eigenvalue weighted by atomic mass is 35.5. The van der Waals surface area contributed by atoms with Gasteiger partial charge in [-0.3, -0.25) is 10.0 Å². The first-order valence-corrected chi connectivity index (χ1v) is 7.05. The zero-order chi connectivity index (χ0) is 14.2. The minimum Gasteiger partial charge on any atom is -0.288 e. The highest BCUT2D eigenvalue weighted by Crippen LogP contribution is 2.51. The van der Waals surface area contributed by atoms with Crippen LogP contribution < -0.4 is 0 Å². The van der Waals surface area contributed by atoms with Crippen LogP contribution in [0.3, 0.4) is 0 Å². The van der Waals surface area contributed by atoms with Crippen LogP contribution in [-0.4, -0.2) is 15.8 Å². The molecule has 0 aromatic heterocycles. The largest absolute Gasteiger partial charge is 0.288 e. The van der Waals surface area contributed by atoms with E-state index in [1.165, 1.54) is 0 Å². The molecule has 0 bridgehead atoms. The maximum atomic E-state index is 10.1. The summed E-state index contributed by atoms with van der Waals surface area (Å²) in [6.07, 6.45) is -0.513. The van der Waals surface area contributed by atoms with Crippen LogP contribution in [0.25, 0.3) is 0 Å². The number of alkyl halides is 2. The topological polar surface area (TPSA) is 32.7 Å². The first kappa shape index (κ1) is 13.9. The molecule has 3 unspecified atom stereocenters. The lowest BCUT2D eigenvalue weighted by molar-refractivity contribution is -0.354. The molecule has 0 spiro atoms. The van der Waals surface area contributed by atoms with Crippen LogP contribution in [-0.2, 0) is 9.84 Å². The summed E-state index contributed by atoms with van der Waals surface area (Å²) in [5.41, 5.74) is 1.55. The summed E-state index contributed by atoms with van der Waals surface area (Å²) in [4.78, 5) is 4.14. The van der Waals surface area contributed by atoms with E-state index in [-0.39, 0.29) is 0 Å². The Balaban J connectivity index is 1.99. The molecule has 1 aliphatic rings. The zero-order valence-electron chi connectivity index (χ0n) is 10.5. The van der Waals surface area contributed by atoms with Crippen molar-refractivity contribution < 1.29 is 10.0 Å². The Morgan fingerprint density at radius 2 is 1.55 bits per heavy atom. The molecular formula is C15H13Cl2NO2. The average Bonchev–Trinajstić information content (AvgIpc) is 2.74. The van der Waals surface area contributed by atoms with Gasteiger partial charge in [0.05, 0.1) is 0 Å². The Bertz CT molecular complexity index is 581. The van der Waals surface area contributed by atoms with Crippen LogP contribution in [0.15, 0.2) is 60.7 Å². The molecule has 0 saturated carbocycles. The Hall–Kier alpha value is -1.10. The van der Waals surface area contributed by atoms with E-state index in [2.05, 4.69) is 0 Å². The van der Waals surface area contributed by atoms with Crippen molar-refractivity contribution in [1.29, 1.82) is 0 Å². The van der Waals surface area contributed by atoms with Crippen molar-refractivity contribution in [1.82, 2.24) is 5.23 Å². The molecule has 2 aromatic rings. The molecular weight excluding hydrogens is 297 g/mol. The molecule has 3 rings (SSSR count). The smallest absolute Gasteiger partial charge is 0.190 e. The van der Waals surface area contributed by atoms with Gasteiger partial charge >= 0.3 is 0 Å². The van der Waals surface area contributed by atoms with Gasteiger partial charge in [-0.2, -0.15) is 0 Å². The molecule has 3 atom stereocenters. The second kappa shape index (κ2) is 5.35. The number of nitrogens with zero attached hydrogens (tertiary/aromatic N) is 1. The van der Waals surface area contributed by atoms with Gasteiger partial charge in [-0.1, -0.05) is 72.3 Å². The van der Waals surface area contributed by atoms with Gasteiger partial charge in [0.25, 0.3) is 0 Å². The van der Waals surface area contributed by atoms with Crippen LogP contribution in [0, 0.1) is 0 Å². The maximum absolute atomic E-state index is 10.1. The van der Waals surface area contributed by atoms with Gasteiger partial charge in [0.15, 0.2) is 5.00 Å². The predicted molar refractivity (Wildman–Crippen MR) is 77.5 cm³/mol. The second-order valence-corrected chi connectivity index (χ2v) is 5.70. The second-order valence-electron chi connectivity index (χ2n) is 4.65. The Labute approximate surface area is 127 Å². The molecule has 104 valence electrons. The maximum Gasteiger partial charge on any atom is 0.190 e. The SMILES string of the molecule is ON1OC(c2ccccc2)C(Cl)C1(Cl)c1ccccc1. The van der Waals surface area contributed by atoms with E-state index in [9.17, 15) is 5.21 Å². The van der Waals surface area contributed by atoms with Crippen molar-refractivity contribution in [3.05, 3.63) is 71.8 Å². The fourth-order valence-electron chi connectivity index (χ4n) is 2.36. The molecule has 2 aromatic carbocycles. The lowest BCUT2D eigenvalue weighted by atomic mass is 9.97. The minimum atomic E-state index is -1.32. The molecule has 0 amide bonds. The lowest BCUT2D eigenvalue weighted by Crippen LogP contribution is -2.38. The van der Waals surface area contributed by atoms with Gasteiger partial charge in [0.2, 0.25) is 0 Å². The van der Waals surface area contributed by atoms with Crippen LogP contribution in [0.5, 0.6) is 0 Å². The van der Waals surface area contributed by atoms with Gasteiger partial charge in [0, 0.05) is 0 Å². The highest BCUT2D eigenvalue weighted by Gasteiger charge is 2.55. The molecule has 0 aliphatic carbocycles. The molecule has 3 nitrogen and oxygen atoms in total. The summed E-state index contributed by atoms with van der Waals surface area (Å²) >= 11 is 13.1. The molecule has 1 saturated heterocycles. The number of rotatable bonds is 2. The van der Waals surface area contributed by atoms with E-state index in [1.54, 1.807) is 0 Å².